The molecule has 36 heavy (non-hydrogen) atoms. The van der Waals surface area contributed by atoms with Gasteiger partial charge in [0.25, 0.3) is 0 Å². The summed E-state index contributed by atoms with van der Waals surface area (Å²) in [5.74, 6) is -0.329. The molecule has 0 aliphatic heterocycles. The Hall–Kier alpha value is -4.40. The predicted octanol–water partition coefficient (Wildman–Crippen LogP) is 6.33. The fourth-order valence-corrected chi connectivity index (χ4v) is 3.12. The van der Waals surface area contributed by atoms with Gasteiger partial charge in [0.1, 0.15) is 11.3 Å². The second-order valence-corrected chi connectivity index (χ2v) is 8.26. The number of anilines is 3. The number of hydrogen-bond acceptors (Lipinski definition) is 7. The number of nitrogen functional groups attached to an aromatic ring is 3. The van der Waals surface area contributed by atoms with Crippen molar-refractivity contribution >= 4 is 57.3 Å². The zero-order valence-electron chi connectivity index (χ0n) is 18.7. The van der Waals surface area contributed by atoms with Crippen LogP contribution in [0.15, 0.2) is 89.3 Å². The first-order valence-electron chi connectivity index (χ1n) is 10.4. The summed E-state index contributed by atoms with van der Waals surface area (Å²) in [4.78, 5) is 14.7. The fourth-order valence-electron chi connectivity index (χ4n) is 2.79. The van der Waals surface area contributed by atoms with Gasteiger partial charge in [-0.3, -0.25) is 0 Å². The molecule has 0 unspecified atom stereocenters. The molecule has 0 saturated carbocycles. The van der Waals surface area contributed by atoms with Gasteiger partial charge in [0, 0.05) is 39.1 Å². The van der Waals surface area contributed by atoms with Crippen molar-refractivity contribution in [3.05, 3.63) is 101 Å². The molecule has 0 bridgehead atoms. The Morgan fingerprint density at radius 1 is 0.778 bits per heavy atom. The van der Waals surface area contributed by atoms with E-state index in [2.05, 4.69) is 4.98 Å². The molecule has 1 aromatic heterocycles. The molecule has 0 amide bonds. The number of hydrogen-bond donors (Lipinski definition) is 5. The number of aromatic nitrogens is 1. The predicted molar refractivity (Wildman–Crippen MR) is 144 cm³/mol. The molecule has 0 radical (unpaired) electrons. The lowest BCUT2D eigenvalue weighted by Gasteiger charge is -1.95. The van der Waals surface area contributed by atoms with Crippen LogP contribution in [0.2, 0.25) is 10.0 Å². The van der Waals surface area contributed by atoms with Crippen molar-refractivity contribution in [3.8, 4) is 17.2 Å². The van der Waals surface area contributed by atoms with Crippen LogP contribution < -0.4 is 17.2 Å². The monoisotopic (exact) mass is 524 g/mol. The number of nitrogens with two attached hydrogens (primary N) is 3. The van der Waals surface area contributed by atoms with Gasteiger partial charge >= 0.3 is 5.97 Å². The molecule has 1 heterocycles. The standard InChI is InChI=1S/C13H9ClN2O.C7H7NO2.C6H6ClNO/c14-9-3-6-11-12(7-9)17-13(16-11)8-1-4-10(15)5-2-8;8-6-3-1-5(2-4-6)7(9)10;7-4-1-2-5(8)6(9)3-4/h1-7H,15H2;1-4H,8H2,(H,9,10);1-3,9H,8H2. The Balaban J connectivity index is 0.000000163. The molecule has 0 spiro atoms. The zero-order valence-corrected chi connectivity index (χ0v) is 20.2. The highest BCUT2D eigenvalue weighted by molar-refractivity contribution is 6.31. The molecule has 0 aliphatic carbocycles. The average Bonchev–Trinajstić information content (AvgIpc) is 3.26. The maximum atomic E-state index is 10.3. The Morgan fingerprint density at radius 2 is 1.33 bits per heavy atom. The van der Waals surface area contributed by atoms with Gasteiger partial charge in [0.2, 0.25) is 5.89 Å². The molecule has 0 aliphatic rings. The summed E-state index contributed by atoms with van der Waals surface area (Å²) >= 11 is 11.4. The van der Waals surface area contributed by atoms with Gasteiger partial charge in [-0.05, 0) is 72.8 Å². The number of aromatic carboxylic acids is 1. The summed E-state index contributed by atoms with van der Waals surface area (Å²) < 4.78 is 5.64. The number of benzene rings is 4. The minimum Gasteiger partial charge on any atom is -0.506 e. The Morgan fingerprint density at radius 3 is 1.89 bits per heavy atom. The topological polar surface area (TPSA) is 162 Å². The van der Waals surface area contributed by atoms with Gasteiger partial charge in [0.15, 0.2) is 5.58 Å². The molecule has 5 rings (SSSR count). The van der Waals surface area contributed by atoms with Crippen LogP contribution in [0.3, 0.4) is 0 Å². The quantitative estimate of drug-likeness (QED) is 0.132. The van der Waals surface area contributed by atoms with Crippen molar-refractivity contribution in [1.29, 1.82) is 0 Å². The van der Waals surface area contributed by atoms with E-state index in [4.69, 9.17) is 55.0 Å². The van der Waals surface area contributed by atoms with Crippen molar-refractivity contribution in [1.82, 2.24) is 4.98 Å². The van der Waals surface area contributed by atoms with Crippen LogP contribution in [-0.2, 0) is 0 Å². The van der Waals surface area contributed by atoms with Crippen LogP contribution in [0.4, 0.5) is 17.1 Å². The van der Waals surface area contributed by atoms with Gasteiger partial charge < -0.3 is 31.8 Å². The first kappa shape index (κ1) is 26.2. The van der Waals surface area contributed by atoms with Crippen molar-refractivity contribution in [2.24, 2.45) is 0 Å². The van der Waals surface area contributed by atoms with Gasteiger partial charge in [-0.1, -0.05) is 23.2 Å². The maximum absolute atomic E-state index is 10.3. The number of rotatable bonds is 2. The third-order valence-electron chi connectivity index (χ3n) is 4.66. The van der Waals surface area contributed by atoms with Crippen LogP contribution in [0.1, 0.15) is 10.4 Å². The maximum Gasteiger partial charge on any atom is 0.335 e. The third-order valence-corrected chi connectivity index (χ3v) is 5.13. The van der Waals surface area contributed by atoms with Crippen LogP contribution in [0, 0.1) is 0 Å². The second-order valence-electron chi connectivity index (χ2n) is 7.38. The average molecular weight is 525 g/mol. The molecule has 5 aromatic rings. The lowest BCUT2D eigenvalue weighted by atomic mass is 10.2. The van der Waals surface area contributed by atoms with E-state index >= 15 is 0 Å². The minimum absolute atomic E-state index is 0.0301. The molecule has 4 aromatic carbocycles. The summed E-state index contributed by atoms with van der Waals surface area (Å²) in [5.41, 5.74) is 20.5. The number of fused-ring (bicyclic) bond motifs is 1. The van der Waals surface area contributed by atoms with Crippen LogP contribution in [0.25, 0.3) is 22.6 Å². The molecule has 10 heteroatoms. The Labute approximate surface area is 216 Å². The number of halogens is 2. The van der Waals surface area contributed by atoms with Crippen LogP contribution in [0.5, 0.6) is 5.75 Å². The van der Waals surface area contributed by atoms with Gasteiger partial charge in [-0.15, -0.1) is 0 Å². The highest BCUT2D eigenvalue weighted by Crippen LogP contribution is 2.26. The minimum atomic E-state index is -0.931. The number of nitrogens with zero attached hydrogens (tertiary/aromatic N) is 1. The molecular formula is C26H22Cl2N4O4. The normalized spacial score (nSPS) is 10.1. The van der Waals surface area contributed by atoms with Crippen molar-refractivity contribution in [2.45, 2.75) is 0 Å². The summed E-state index contributed by atoms with van der Waals surface area (Å²) in [5, 5.41) is 18.4. The van der Waals surface area contributed by atoms with Gasteiger partial charge in [0.05, 0.1) is 11.3 Å². The van der Waals surface area contributed by atoms with E-state index in [1.165, 1.54) is 18.2 Å². The Kier molecular flexibility index (Phi) is 8.61. The van der Waals surface area contributed by atoms with E-state index in [-0.39, 0.29) is 11.3 Å². The molecule has 184 valence electrons. The van der Waals surface area contributed by atoms with Gasteiger partial charge in [-0.25, -0.2) is 9.78 Å². The smallest absolute Gasteiger partial charge is 0.335 e. The van der Waals surface area contributed by atoms with Crippen molar-refractivity contribution in [3.63, 3.8) is 0 Å². The van der Waals surface area contributed by atoms with Crippen LogP contribution in [-0.4, -0.2) is 21.2 Å². The Bertz CT molecular complexity index is 1470. The van der Waals surface area contributed by atoms with Gasteiger partial charge in [-0.2, -0.15) is 0 Å². The summed E-state index contributed by atoms with van der Waals surface area (Å²) in [6.07, 6.45) is 0. The highest BCUT2D eigenvalue weighted by atomic mass is 35.5. The largest absolute Gasteiger partial charge is 0.506 e. The summed E-state index contributed by atoms with van der Waals surface area (Å²) in [6, 6.07) is 23.4. The number of phenols is 1. The van der Waals surface area contributed by atoms with E-state index in [0.29, 0.717) is 38.6 Å². The lowest BCUT2D eigenvalue weighted by Crippen LogP contribution is -1.95. The van der Waals surface area contributed by atoms with E-state index < -0.39 is 5.97 Å². The molecule has 0 fully saturated rings. The molecule has 0 saturated heterocycles. The van der Waals surface area contributed by atoms with Crippen LogP contribution >= 0.6 is 23.2 Å². The van der Waals surface area contributed by atoms with Crippen molar-refractivity contribution in [2.75, 3.05) is 17.2 Å². The SMILES string of the molecule is Nc1ccc(-c2nc3ccc(Cl)cc3o2)cc1.Nc1ccc(C(=O)O)cc1.Nc1ccc(Cl)cc1O. The van der Waals surface area contributed by atoms with Crippen molar-refractivity contribution < 1.29 is 19.4 Å². The number of phenolic OH excluding ortho intramolecular Hbond substituents is 1. The zero-order chi connectivity index (χ0) is 26.2. The molecule has 8 N–H and O–H groups in total. The lowest BCUT2D eigenvalue weighted by molar-refractivity contribution is 0.0697. The first-order chi connectivity index (χ1) is 17.1. The molecule has 8 nitrogen and oxygen atoms in total. The number of oxazole rings is 1. The van der Waals surface area contributed by atoms with E-state index in [9.17, 15) is 4.79 Å². The number of carboxylic acid groups (broad SMARTS) is 1. The fraction of sp³-hybridized carbons (Fsp3) is 0. The number of carbonyl (C=O) groups is 1. The van der Waals surface area contributed by atoms with E-state index in [0.717, 1.165) is 11.1 Å². The molecule has 0 atom stereocenters. The number of carboxylic acids is 1. The first-order valence-corrected chi connectivity index (χ1v) is 11.1. The van der Waals surface area contributed by atoms with E-state index in [1.54, 1.807) is 36.4 Å². The molecular weight excluding hydrogens is 503 g/mol. The second kappa shape index (κ2) is 11.8. The number of aromatic hydroxyl groups is 1. The summed E-state index contributed by atoms with van der Waals surface area (Å²) in [6.45, 7) is 0. The highest BCUT2D eigenvalue weighted by Gasteiger charge is 2.08. The third kappa shape index (κ3) is 7.30. The van der Waals surface area contributed by atoms with E-state index in [1.807, 2.05) is 30.3 Å². The summed E-state index contributed by atoms with van der Waals surface area (Å²) in [7, 11) is 0.